The number of carbonyl (C=O) groups excluding carboxylic acids is 2. The Kier molecular flexibility index (Phi) is 4.85. The summed E-state index contributed by atoms with van der Waals surface area (Å²) in [6, 6.07) is 0. The standard InChI is InChI=1S/C10H18O3/c1-4-7-9(12)10(13,6-3)8(11)5-2/h13H,4-7H2,1-3H3. The van der Waals surface area contributed by atoms with E-state index in [-0.39, 0.29) is 30.8 Å². The zero-order chi connectivity index (χ0) is 10.5. The van der Waals surface area contributed by atoms with E-state index in [1.807, 2.05) is 6.92 Å². The fraction of sp³-hybridized carbons (Fsp3) is 0.800. The van der Waals surface area contributed by atoms with Gasteiger partial charge in [-0.1, -0.05) is 20.8 Å². The van der Waals surface area contributed by atoms with Crippen LogP contribution >= 0.6 is 0 Å². The second kappa shape index (κ2) is 5.12. The van der Waals surface area contributed by atoms with E-state index in [0.29, 0.717) is 6.42 Å². The van der Waals surface area contributed by atoms with Crippen LogP contribution < -0.4 is 0 Å². The van der Waals surface area contributed by atoms with Crippen LogP contribution in [0.5, 0.6) is 0 Å². The van der Waals surface area contributed by atoms with Gasteiger partial charge in [-0.25, -0.2) is 0 Å². The predicted molar refractivity (Wildman–Crippen MR) is 50.5 cm³/mol. The van der Waals surface area contributed by atoms with Crippen LogP contribution in [0.1, 0.15) is 46.5 Å². The summed E-state index contributed by atoms with van der Waals surface area (Å²) in [6.45, 7) is 5.16. The molecule has 0 heterocycles. The minimum Gasteiger partial charge on any atom is -0.375 e. The van der Waals surface area contributed by atoms with Gasteiger partial charge in [-0.05, 0) is 12.8 Å². The quantitative estimate of drug-likeness (QED) is 0.639. The van der Waals surface area contributed by atoms with Crippen LogP contribution in [0.15, 0.2) is 0 Å². The number of Topliss-reactive ketones (excluding diaryl/α,β-unsaturated/α-hetero) is 2. The summed E-state index contributed by atoms with van der Waals surface area (Å²) in [7, 11) is 0. The molecule has 0 rings (SSSR count). The lowest BCUT2D eigenvalue weighted by Gasteiger charge is -2.22. The molecule has 0 saturated heterocycles. The van der Waals surface area contributed by atoms with Gasteiger partial charge in [0.2, 0.25) is 0 Å². The fourth-order valence-corrected chi connectivity index (χ4v) is 1.28. The molecule has 0 aromatic rings. The second-order valence-corrected chi connectivity index (χ2v) is 3.16. The molecule has 0 fully saturated rings. The molecule has 0 amide bonds. The van der Waals surface area contributed by atoms with E-state index in [0.717, 1.165) is 0 Å². The van der Waals surface area contributed by atoms with Crippen molar-refractivity contribution < 1.29 is 14.7 Å². The molecule has 13 heavy (non-hydrogen) atoms. The van der Waals surface area contributed by atoms with E-state index < -0.39 is 5.60 Å². The lowest BCUT2D eigenvalue weighted by atomic mass is 9.87. The molecule has 76 valence electrons. The van der Waals surface area contributed by atoms with Crippen molar-refractivity contribution in [2.75, 3.05) is 0 Å². The van der Waals surface area contributed by atoms with Crippen LogP contribution in [0, 0.1) is 0 Å². The highest BCUT2D eigenvalue weighted by Crippen LogP contribution is 2.17. The van der Waals surface area contributed by atoms with Crippen molar-refractivity contribution in [3.05, 3.63) is 0 Å². The van der Waals surface area contributed by atoms with Crippen molar-refractivity contribution in [1.29, 1.82) is 0 Å². The highest BCUT2D eigenvalue weighted by molar-refractivity contribution is 6.09. The van der Waals surface area contributed by atoms with Crippen molar-refractivity contribution in [3.63, 3.8) is 0 Å². The summed E-state index contributed by atoms with van der Waals surface area (Å²) in [5.74, 6) is -0.710. The smallest absolute Gasteiger partial charge is 0.180 e. The van der Waals surface area contributed by atoms with Crippen LogP contribution in [0.3, 0.4) is 0 Å². The van der Waals surface area contributed by atoms with Crippen LogP contribution in [-0.2, 0) is 9.59 Å². The SMILES string of the molecule is CCCC(=O)C(O)(CC)C(=O)CC. The van der Waals surface area contributed by atoms with E-state index in [1.165, 1.54) is 0 Å². The summed E-state index contributed by atoms with van der Waals surface area (Å²) in [4.78, 5) is 22.7. The minimum absolute atomic E-state index is 0.179. The summed E-state index contributed by atoms with van der Waals surface area (Å²) < 4.78 is 0. The molecule has 0 aliphatic carbocycles. The van der Waals surface area contributed by atoms with Crippen molar-refractivity contribution in [3.8, 4) is 0 Å². The molecule has 1 unspecified atom stereocenters. The van der Waals surface area contributed by atoms with E-state index in [4.69, 9.17) is 0 Å². The molecule has 1 atom stereocenters. The molecule has 0 aromatic carbocycles. The maximum Gasteiger partial charge on any atom is 0.180 e. The third kappa shape index (κ3) is 2.62. The van der Waals surface area contributed by atoms with Gasteiger partial charge in [0.05, 0.1) is 0 Å². The summed E-state index contributed by atoms with van der Waals surface area (Å²) in [6.07, 6.45) is 1.33. The van der Waals surface area contributed by atoms with Crippen molar-refractivity contribution in [1.82, 2.24) is 0 Å². The van der Waals surface area contributed by atoms with Crippen LogP contribution in [-0.4, -0.2) is 22.3 Å². The average molecular weight is 186 g/mol. The Morgan fingerprint density at radius 1 is 1.15 bits per heavy atom. The van der Waals surface area contributed by atoms with Gasteiger partial charge in [0.15, 0.2) is 17.2 Å². The normalized spacial score (nSPS) is 15.1. The predicted octanol–water partition coefficient (Wildman–Crippen LogP) is 1.48. The fourth-order valence-electron chi connectivity index (χ4n) is 1.28. The van der Waals surface area contributed by atoms with Gasteiger partial charge >= 0.3 is 0 Å². The van der Waals surface area contributed by atoms with E-state index >= 15 is 0 Å². The number of hydrogen-bond acceptors (Lipinski definition) is 3. The molecule has 0 radical (unpaired) electrons. The Hall–Kier alpha value is -0.700. The third-order valence-corrected chi connectivity index (χ3v) is 2.23. The van der Waals surface area contributed by atoms with E-state index in [1.54, 1.807) is 13.8 Å². The first-order valence-electron chi connectivity index (χ1n) is 4.81. The largest absolute Gasteiger partial charge is 0.375 e. The molecule has 0 aromatic heterocycles. The molecule has 0 saturated carbocycles. The summed E-state index contributed by atoms with van der Waals surface area (Å²) >= 11 is 0. The van der Waals surface area contributed by atoms with Crippen LogP contribution in [0.2, 0.25) is 0 Å². The summed E-state index contributed by atoms with van der Waals surface area (Å²) in [5.41, 5.74) is -1.72. The number of rotatable bonds is 6. The minimum atomic E-state index is -1.72. The number of aliphatic hydroxyl groups is 1. The van der Waals surface area contributed by atoms with Crippen LogP contribution in [0.25, 0.3) is 0 Å². The van der Waals surface area contributed by atoms with Crippen molar-refractivity contribution in [2.24, 2.45) is 0 Å². The molecule has 0 aliphatic rings. The number of ketones is 2. The van der Waals surface area contributed by atoms with Gasteiger partial charge < -0.3 is 5.11 Å². The second-order valence-electron chi connectivity index (χ2n) is 3.16. The maximum absolute atomic E-state index is 11.4. The highest BCUT2D eigenvalue weighted by atomic mass is 16.3. The van der Waals surface area contributed by atoms with Gasteiger partial charge in [-0.2, -0.15) is 0 Å². The topological polar surface area (TPSA) is 54.4 Å². The van der Waals surface area contributed by atoms with E-state index in [2.05, 4.69) is 0 Å². The molecular weight excluding hydrogens is 168 g/mol. The molecule has 1 N–H and O–H groups in total. The van der Waals surface area contributed by atoms with E-state index in [9.17, 15) is 14.7 Å². The number of carbonyl (C=O) groups is 2. The first-order valence-corrected chi connectivity index (χ1v) is 4.81. The monoisotopic (exact) mass is 186 g/mol. The Labute approximate surface area is 79.1 Å². The lowest BCUT2D eigenvalue weighted by molar-refractivity contribution is -0.151. The Morgan fingerprint density at radius 2 is 1.69 bits per heavy atom. The van der Waals surface area contributed by atoms with Gasteiger partial charge in [0.25, 0.3) is 0 Å². The Balaban J connectivity index is 4.61. The Morgan fingerprint density at radius 3 is 2.00 bits per heavy atom. The zero-order valence-corrected chi connectivity index (χ0v) is 8.59. The molecule has 0 spiro atoms. The first-order chi connectivity index (χ1) is 6.02. The molecule has 0 aliphatic heterocycles. The molecular formula is C10H18O3. The Bertz CT molecular complexity index is 198. The van der Waals surface area contributed by atoms with Gasteiger partial charge in [-0.3, -0.25) is 9.59 Å². The molecule has 3 heteroatoms. The van der Waals surface area contributed by atoms with Gasteiger partial charge in [0.1, 0.15) is 0 Å². The third-order valence-electron chi connectivity index (χ3n) is 2.23. The average Bonchev–Trinajstić information content (AvgIpc) is 2.15. The molecule has 0 bridgehead atoms. The first kappa shape index (κ1) is 12.3. The highest BCUT2D eigenvalue weighted by Gasteiger charge is 2.39. The van der Waals surface area contributed by atoms with Crippen LogP contribution in [0.4, 0.5) is 0 Å². The van der Waals surface area contributed by atoms with Gasteiger partial charge in [0, 0.05) is 12.8 Å². The molecule has 3 nitrogen and oxygen atoms in total. The van der Waals surface area contributed by atoms with Gasteiger partial charge in [-0.15, -0.1) is 0 Å². The summed E-state index contributed by atoms with van der Waals surface area (Å²) in [5, 5.41) is 9.79. The van der Waals surface area contributed by atoms with Crippen molar-refractivity contribution >= 4 is 11.6 Å². The lowest BCUT2D eigenvalue weighted by Crippen LogP contribution is -2.45. The van der Waals surface area contributed by atoms with Crippen molar-refractivity contribution in [2.45, 2.75) is 52.1 Å². The zero-order valence-electron chi connectivity index (χ0n) is 8.59. The number of hydrogen-bond donors (Lipinski definition) is 1. The maximum atomic E-state index is 11.4.